The quantitative estimate of drug-likeness (QED) is 0.727. The smallest absolute Gasteiger partial charge is 0.197 e. The van der Waals surface area contributed by atoms with Crippen LogP contribution >= 0.6 is 0 Å². The molecule has 0 unspecified atom stereocenters. The summed E-state index contributed by atoms with van der Waals surface area (Å²) >= 11 is 0. The van der Waals surface area contributed by atoms with Gasteiger partial charge in [-0.25, -0.2) is 9.97 Å². The van der Waals surface area contributed by atoms with Gasteiger partial charge in [-0.15, -0.1) is 0 Å². The average molecular weight is 347 g/mol. The zero-order chi connectivity index (χ0) is 17.7. The fourth-order valence-corrected chi connectivity index (χ4v) is 3.70. The molecule has 0 atom stereocenters. The minimum absolute atomic E-state index is 0.0704. The van der Waals surface area contributed by atoms with Crippen molar-refractivity contribution < 1.29 is 4.42 Å². The van der Waals surface area contributed by atoms with E-state index in [1.807, 2.05) is 31.3 Å². The highest BCUT2D eigenvalue weighted by Crippen LogP contribution is 2.38. The molecule has 0 radical (unpaired) electrons. The van der Waals surface area contributed by atoms with Crippen molar-refractivity contribution in [3.63, 3.8) is 0 Å². The molecule has 0 bridgehead atoms. The van der Waals surface area contributed by atoms with Crippen LogP contribution in [0.4, 0.5) is 0 Å². The van der Waals surface area contributed by atoms with Crippen LogP contribution in [0.5, 0.6) is 0 Å². The number of hydrogen-bond acceptors (Lipinski definition) is 5. The number of aromatic nitrogens is 2. The van der Waals surface area contributed by atoms with E-state index < -0.39 is 0 Å². The third-order valence-corrected chi connectivity index (χ3v) is 5.37. The van der Waals surface area contributed by atoms with Crippen molar-refractivity contribution in [2.45, 2.75) is 45.2 Å². The van der Waals surface area contributed by atoms with Crippen LogP contribution in [-0.2, 0) is 19.5 Å². The highest BCUT2D eigenvalue weighted by Gasteiger charge is 2.28. The van der Waals surface area contributed by atoms with Crippen molar-refractivity contribution in [2.24, 2.45) is 0 Å². The maximum atomic E-state index is 12.8. The van der Waals surface area contributed by atoms with E-state index in [4.69, 9.17) is 9.40 Å². The molecule has 3 heterocycles. The summed E-state index contributed by atoms with van der Waals surface area (Å²) in [6.45, 7) is 4.27. The SMILES string of the molecule is Cc1ccc2occ(CN3CCc4nc(C5CC5)ncc4C3)c(=O)c2c1. The summed E-state index contributed by atoms with van der Waals surface area (Å²) < 4.78 is 5.69. The predicted octanol–water partition coefficient (Wildman–Crippen LogP) is 3.33. The van der Waals surface area contributed by atoms with Gasteiger partial charge in [0.1, 0.15) is 11.4 Å². The lowest BCUT2D eigenvalue weighted by Gasteiger charge is -2.27. The first-order chi connectivity index (χ1) is 12.7. The highest BCUT2D eigenvalue weighted by molar-refractivity contribution is 5.77. The molecule has 1 fully saturated rings. The van der Waals surface area contributed by atoms with E-state index in [2.05, 4.69) is 9.88 Å². The van der Waals surface area contributed by atoms with Crippen LogP contribution in [-0.4, -0.2) is 21.4 Å². The molecule has 0 N–H and O–H groups in total. The van der Waals surface area contributed by atoms with Gasteiger partial charge in [0.15, 0.2) is 5.43 Å². The van der Waals surface area contributed by atoms with Crippen LogP contribution < -0.4 is 5.43 Å². The first-order valence-electron chi connectivity index (χ1n) is 9.25. The fourth-order valence-electron chi connectivity index (χ4n) is 3.70. The van der Waals surface area contributed by atoms with Crippen LogP contribution in [0.1, 0.15) is 47.0 Å². The van der Waals surface area contributed by atoms with Gasteiger partial charge in [-0.1, -0.05) is 11.6 Å². The van der Waals surface area contributed by atoms with Gasteiger partial charge in [-0.05, 0) is 31.9 Å². The van der Waals surface area contributed by atoms with Crippen LogP contribution in [0.15, 0.2) is 39.9 Å². The van der Waals surface area contributed by atoms with Gasteiger partial charge in [0.25, 0.3) is 0 Å². The monoisotopic (exact) mass is 347 g/mol. The Labute approximate surface area is 151 Å². The van der Waals surface area contributed by atoms with E-state index in [0.29, 0.717) is 29.0 Å². The standard InChI is InChI=1S/C21H21N3O2/c1-13-2-5-19-17(8-13)20(25)16(12-26-19)11-24-7-6-18-15(10-24)9-22-21(23-18)14-3-4-14/h2,5,8-9,12,14H,3-4,6-7,10-11H2,1H3. The first-order valence-corrected chi connectivity index (χ1v) is 9.25. The van der Waals surface area contributed by atoms with Crippen molar-refractivity contribution in [3.8, 4) is 0 Å². The summed E-state index contributed by atoms with van der Waals surface area (Å²) in [4.78, 5) is 24.4. The van der Waals surface area contributed by atoms with E-state index in [1.54, 1.807) is 6.26 Å². The van der Waals surface area contributed by atoms with Crippen LogP contribution in [0.3, 0.4) is 0 Å². The Morgan fingerprint density at radius 2 is 2.19 bits per heavy atom. The minimum atomic E-state index is 0.0704. The van der Waals surface area contributed by atoms with Crippen molar-refractivity contribution >= 4 is 11.0 Å². The molecule has 2 aromatic heterocycles. The van der Waals surface area contributed by atoms with Gasteiger partial charge in [-0.3, -0.25) is 9.69 Å². The summed E-state index contributed by atoms with van der Waals surface area (Å²) in [5.41, 5.74) is 4.86. The van der Waals surface area contributed by atoms with E-state index >= 15 is 0 Å². The lowest BCUT2D eigenvalue weighted by molar-refractivity contribution is 0.240. The highest BCUT2D eigenvalue weighted by atomic mass is 16.3. The molecule has 0 spiro atoms. The molecule has 5 heteroatoms. The van der Waals surface area contributed by atoms with Crippen LogP contribution in [0.25, 0.3) is 11.0 Å². The zero-order valence-corrected chi connectivity index (χ0v) is 14.9. The summed E-state index contributed by atoms with van der Waals surface area (Å²) in [6.07, 6.45) is 6.95. The molecule has 1 saturated carbocycles. The average Bonchev–Trinajstić information content (AvgIpc) is 3.49. The molecule has 1 aliphatic carbocycles. The second-order valence-corrected chi connectivity index (χ2v) is 7.52. The van der Waals surface area contributed by atoms with Gasteiger partial charge < -0.3 is 4.42 Å². The van der Waals surface area contributed by atoms with Gasteiger partial charge in [0.05, 0.1) is 11.6 Å². The van der Waals surface area contributed by atoms with Gasteiger partial charge in [-0.2, -0.15) is 0 Å². The number of aryl methyl sites for hydroxylation is 1. The summed E-state index contributed by atoms with van der Waals surface area (Å²) in [6, 6.07) is 5.73. The van der Waals surface area contributed by atoms with Crippen molar-refractivity contribution in [1.29, 1.82) is 0 Å². The number of hydrogen-bond donors (Lipinski definition) is 0. The molecule has 0 amide bonds. The molecule has 26 heavy (non-hydrogen) atoms. The molecule has 3 aromatic rings. The van der Waals surface area contributed by atoms with E-state index in [9.17, 15) is 4.79 Å². The predicted molar refractivity (Wildman–Crippen MR) is 99.0 cm³/mol. The van der Waals surface area contributed by atoms with Crippen molar-refractivity contribution in [3.05, 3.63) is 69.1 Å². The molecule has 0 saturated heterocycles. The molecule has 1 aromatic carbocycles. The van der Waals surface area contributed by atoms with Crippen LogP contribution in [0.2, 0.25) is 0 Å². The normalized spacial score (nSPS) is 17.4. The number of nitrogens with zero attached hydrogens (tertiary/aromatic N) is 3. The molecule has 132 valence electrons. The molecule has 5 nitrogen and oxygen atoms in total. The summed E-state index contributed by atoms with van der Waals surface area (Å²) in [5.74, 6) is 1.60. The van der Waals surface area contributed by atoms with Crippen LogP contribution in [0, 0.1) is 6.92 Å². The maximum absolute atomic E-state index is 12.8. The third-order valence-electron chi connectivity index (χ3n) is 5.37. The molecule has 1 aliphatic heterocycles. The third kappa shape index (κ3) is 2.82. The van der Waals surface area contributed by atoms with Gasteiger partial charge >= 0.3 is 0 Å². The Morgan fingerprint density at radius 3 is 3.04 bits per heavy atom. The molecular formula is C21H21N3O2. The Bertz CT molecular complexity index is 1050. The first kappa shape index (κ1) is 15.7. The second-order valence-electron chi connectivity index (χ2n) is 7.52. The minimum Gasteiger partial charge on any atom is -0.464 e. The van der Waals surface area contributed by atoms with E-state index in [-0.39, 0.29) is 5.43 Å². The van der Waals surface area contributed by atoms with Crippen molar-refractivity contribution in [2.75, 3.05) is 6.54 Å². The summed E-state index contributed by atoms with van der Waals surface area (Å²) in [5, 5.41) is 0.664. The maximum Gasteiger partial charge on any atom is 0.197 e. The Balaban J connectivity index is 1.39. The number of fused-ring (bicyclic) bond motifs is 2. The Hall–Kier alpha value is -2.53. The topological polar surface area (TPSA) is 59.2 Å². The Morgan fingerprint density at radius 1 is 1.31 bits per heavy atom. The lowest BCUT2D eigenvalue weighted by Crippen LogP contribution is -2.32. The zero-order valence-electron chi connectivity index (χ0n) is 14.9. The largest absolute Gasteiger partial charge is 0.464 e. The molecule has 5 rings (SSSR count). The molecule has 2 aliphatic rings. The fraction of sp³-hybridized carbons (Fsp3) is 0.381. The van der Waals surface area contributed by atoms with E-state index in [1.165, 1.54) is 24.1 Å². The lowest BCUT2D eigenvalue weighted by atomic mass is 10.1. The molecular weight excluding hydrogens is 326 g/mol. The van der Waals surface area contributed by atoms with Gasteiger partial charge in [0.2, 0.25) is 0 Å². The summed E-state index contributed by atoms with van der Waals surface area (Å²) in [7, 11) is 0. The van der Waals surface area contributed by atoms with Gasteiger partial charge in [0, 0.05) is 55.0 Å². The van der Waals surface area contributed by atoms with E-state index in [0.717, 1.165) is 30.9 Å². The Kier molecular flexibility index (Phi) is 3.64. The number of benzene rings is 1. The van der Waals surface area contributed by atoms with Crippen molar-refractivity contribution in [1.82, 2.24) is 14.9 Å². The second kappa shape index (κ2) is 6.02. The number of rotatable bonds is 3.